The molecule has 0 bridgehead atoms. The number of aromatic nitrogens is 1. The third kappa shape index (κ3) is 1.87. The molecule has 0 saturated carbocycles. The standard InChI is InChI=1S/C9H9NOS.C2H6/c1-2-10-9(11)7-5-3-4-6-8(7)12-10;1-2/h3-6H,2H2,1H3;1-2H3. The van der Waals surface area contributed by atoms with Gasteiger partial charge in [-0.15, -0.1) is 0 Å². The first-order valence-electron chi connectivity index (χ1n) is 4.92. The number of hydrogen-bond donors (Lipinski definition) is 0. The van der Waals surface area contributed by atoms with Crippen LogP contribution in [0.5, 0.6) is 0 Å². The van der Waals surface area contributed by atoms with Crippen LogP contribution in [-0.2, 0) is 6.54 Å². The molecule has 1 aromatic carbocycles. The summed E-state index contributed by atoms with van der Waals surface area (Å²) in [5, 5.41) is 0.837. The van der Waals surface area contributed by atoms with Gasteiger partial charge in [0.1, 0.15) is 0 Å². The molecular weight excluding hydrogens is 194 g/mol. The van der Waals surface area contributed by atoms with E-state index in [9.17, 15) is 4.79 Å². The fraction of sp³-hybridized carbons (Fsp3) is 0.364. The van der Waals surface area contributed by atoms with E-state index in [0.717, 1.165) is 16.6 Å². The number of hydrogen-bond acceptors (Lipinski definition) is 2. The Bertz CT molecular complexity index is 456. The van der Waals surface area contributed by atoms with Crippen LogP contribution in [0.1, 0.15) is 20.8 Å². The molecule has 1 aromatic heterocycles. The highest BCUT2D eigenvalue weighted by molar-refractivity contribution is 7.13. The van der Waals surface area contributed by atoms with Gasteiger partial charge < -0.3 is 0 Å². The second-order valence-corrected chi connectivity index (χ2v) is 3.65. The Balaban J connectivity index is 0.000000461. The summed E-state index contributed by atoms with van der Waals surface area (Å²) >= 11 is 1.53. The number of nitrogens with zero attached hydrogens (tertiary/aromatic N) is 1. The Morgan fingerprint density at radius 3 is 2.50 bits per heavy atom. The van der Waals surface area contributed by atoms with Gasteiger partial charge in [0.25, 0.3) is 5.56 Å². The molecule has 1 heterocycles. The Kier molecular flexibility index (Phi) is 3.89. The average Bonchev–Trinajstić information content (AvgIpc) is 2.59. The molecule has 0 fully saturated rings. The zero-order chi connectivity index (χ0) is 10.6. The minimum Gasteiger partial charge on any atom is -0.268 e. The van der Waals surface area contributed by atoms with Crippen LogP contribution >= 0.6 is 11.5 Å². The van der Waals surface area contributed by atoms with Crippen LogP contribution in [0.25, 0.3) is 10.1 Å². The molecule has 0 aliphatic rings. The average molecular weight is 209 g/mol. The predicted molar refractivity (Wildman–Crippen MR) is 63.1 cm³/mol. The molecule has 0 aliphatic heterocycles. The quantitative estimate of drug-likeness (QED) is 0.707. The maximum atomic E-state index is 11.5. The summed E-state index contributed by atoms with van der Waals surface area (Å²) in [6.07, 6.45) is 0. The zero-order valence-electron chi connectivity index (χ0n) is 8.78. The highest BCUT2D eigenvalue weighted by Gasteiger charge is 2.03. The van der Waals surface area contributed by atoms with Crippen LogP contribution < -0.4 is 5.56 Å². The molecule has 76 valence electrons. The second kappa shape index (κ2) is 4.96. The Morgan fingerprint density at radius 1 is 1.29 bits per heavy atom. The van der Waals surface area contributed by atoms with Gasteiger partial charge in [-0.2, -0.15) is 0 Å². The minimum atomic E-state index is 0.137. The number of benzene rings is 1. The summed E-state index contributed by atoms with van der Waals surface area (Å²) in [5.41, 5.74) is 0.137. The van der Waals surface area contributed by atoms with E-state index in [4.69, 9.17) is 0 Å². The van der Waals surface area contributed by atoms with E-state index in [1.165, 1.54) is 11.5 Å². The fourth-order valence-corrected chi connectivity index (χ4v) is 2.17. The summed E-state index contributed by atoms with van der Waals surface area (Å²) in [6.45, 7) is 6.74. The molecule has 0 saturated heterocycles. The van der Waals surface area contributed by atoms with Crippen molar-refractivity contribution in [2.45, 2.75) is 27.3 Å². The maximum absolute atomic E-state index is 11.5. The van der Waals surface area contributed by atoms with E-state index in [2.05, 4.69) is 0 Å². The molecule has 0 radical (unpaired) electrons. The van der Waals surface area contributed by atoms with Crippen molar-refractivity contribution >= 4 is 21.6 Å². The Labute approximate surface area is 88.0 Å². The van der Waals surface area contributed by atoms with Crippen LogP contribution in [0, 0.1) is 0 Å². The van der Waals surface area contributed by atoms with Crippen molar-refractivity contribution in [3.05, 3.63) is 34.6 Å². The molecule has 0 amide bonds. The molecule has 0 unspecified atom stereocenters. The lowest BCUT2D eigenvalue weighted by molar-refractivity contribution is 0.814. The minimum absolute atomic E-state index is 0.137. The van der Waals surface area contributed by atoms with Crippen LogP contribution in [0.2, 0.25) is 0 Å². The largest absolute Gasteiger partial charge is 0.268 e. The topological polar surface area (TPSA) is 22.0 Å². The van der Waals surface area contributed by atoms with Gasteiger partial charge in [0.15, 0.2) is 0 Å². The van der Waals surface area contributed by atoms with Gasteiger partial charge >= 0.3 is 0 Å². The summed E-state index contributed by atoms with van der Waals surface area (Å²) in [5.74, 6) is 0. The van der Waals surface area contributed by atoms with Crippen molar-refractivity contribution in [3.8, 4) is 0 Å². The summed E-state index contributed by atoms with van der Waals surface area (Å²) in [6, 6.07) is 7.71. The van der Waals surface area contributed by atoms with Crippen LogP contribution in [0.15, 0.2) is 29.1 Å². The summed E-state index contributed by atoms with van der Waals surface area (Å²) in [4.78, 5) is 11.5. The van der Waals surface area contributed by atoms with Gasteiger partial charge in [0.2, 0.25) is 0 Å². The van der Waals surface area contributed by atoms with E-state index in [1.54, 1.807) is 3.96 Å². The van der Waals surface area contributed by atoms with Crippen molar-refractivity contribution < 1.29 is 0 Å². The van der Waals surface area contributed by atoms with Gasteiger partial charge in [-0.3, -0.25) is 8.75 Å². The van der Waals surface area contributed by atoms with Crippen molar-refractivity contribution in [3.63, 3.8) is 0 Å². The van der Waals surface area contributed by atoms with Gasteiger partial charge in [-0.05, 0) is 19.1 Å². The first kappa shape index (κ1) is 11.0. The molecule has 14 heavy (non-hydrogen) atoms. The lowest BCUT2D eigenvalue weighted by Crippen LogP contribution is -2.10. The Morgan fingerprint density at radius 2 is 1.93 bits per heavy atom. The lowest BCUT2D eigenvalue weighted by Gasteiger charge is -1.87. The smallest absolute Gasteiger partial charge is 0.268 e. The van der Waals surface area contributed by atoms with Gasteiger partial charge in [-0.1, -0.05) is 37.5 Å². The van der Waals surface area contributed by atoms with Crippen molar-refractivity contribution in [2.75, 3.05) is 0 Å². The number of aryl methyl sites for hydroxylation is 1. The zero-order valence-corrected chi connectivity index (χ0v) is 9.60. The van der Waals surface area contributed by atoms with E-state index < -0.39 is 0 Å². The molecule has 0 atom stereocenters. The molecule has 0 aliphatic carbocycles. The first-order chi connectivity index (χ1) is 6.83. The maximum Gasteiger partial charge on any atom is 0.268 e. The van der Waals surface area contributed by atoms with Crippen LogP contribution in [-0.4, -0.2) is 3.96 Å². The number of rotatable bonds is 1. The third-order valence-electron chi connectivity index (χ3n) is 1.84. The van der Waals surface area contributed by atoms with Gasteiger partial charge in [-0.25, -0.2) is 0 Å². The molecule has 3 heteroatoms. The van der Waals surface area contributed by atoms with Crippen molar-refractivity contribution in [1.82, 2.24) is 3.96 Å². The second-order valence-electron chi connectivity index (χ2n) is 2.59. The first-order valence-corrected chi connectivity index (χ1v) is 5.69. The summed E-state index contributed by atoms with van der Waals surface area (Å²) < 4.78 is 2.84. The van der Waals surface area contributed by atoms with E-state index in [0.29, 0.717) is 0 Å². The van der Waals surface area contributed by atoms with E-state index >= 15 is 0 Å². The summed E-state index contributed by atoms with van der Waals surface area (Å²) in [7, 11) is 0. The monoisotopic (exact) mass is 209 g/mol. The van der Waals surface area contributed by atoms with E-state index in [-0.39, 0.29) is 5.56 Å². The third-order valence-corrected chi connectivity index (χ3v) is 3.04. The number of fused-ring (bicyclic) bond motifs is 1. The molecule has 2 aromatic rings. The normalized spacial score (nSPS) is 9.64. The highest BCUT2D eigenvalue weighted by atomic mass is 32.1. The van der Waals surface area contributed by atoms with Gasteiger partial charge in [0.05, 0.1) is 10.1 Å². The SMILES string of the molecule is CC.CCn1sc2ccccc2c1=O. The molecule has 0 spiro atoms. The van der Waals surface area contributed by atoms with Gasteiger partial charge in [0, 0.05) is 6.54 Å². The highest BCUT2D eigenvalue weighted by Crippen LogP contribution is 2.15. The lowest BCUT2D eigenvalue weighted by atomic mass is 10.3. The van der Waals surface area contributed by atoms with E-state index in [1.807, 2.05) is 45.0 Å². The fourth-order valence-electron chi connectivity index (χ4n) is 1.23. The van der Waals surface area contributed by atoms with Crippen LogP contribution in [0.3, 0.4) is 0 Å². The molecule has 2 nitrogen and oxygen atoms in total. The molecule has 0 N–H and O–H groups in total. The predicted octanol–water partition coefficient (Wildman–Crippen LogP) is 3.11. The molecule has 2 rings (SSSR count). The van der Waals surface area contributed by atoms with Crippen molar-refractivity contribution in [1.29, 1.82) is 0 Å². The van der Waals surface area contributed by atoms with Crippen LogP contribution in [0.4, 0.5) is 0 Å². The Hall–Kier alpha value is -1.09. The molecular formula is C11H15NOS. The van der Waals surface area contributed by atoms with Crippen molar-refractivity contribution in [2.24, 2.45) is 0 Å².